The lowest BCUT2D eigenvalue weighted by Crippen LogP contribution is -2.34. The number of rotatable bonds is 5. The Kier molecular flexibility index (Phi) is 5.21. The van der Waals surface area contributed by atoms with Crippen LogP contribution < -0.4 is 0 Å². The molecule has 5 nitrogen and oxygen atoms in total. The molecule has 0 aliphatic heterocycles. The first-order valence-corrected chi connectivity index (χ1v) is 3.93. The third kappa shape index (κ3) is 4.39. The molecule has 0 spiro atoms. The number of aldehydes is 1. The van der Waals surface area contributed by atoms with Crippen molar-refractivity contribution < 1.29 is 23.9 Å². The molecule has 0 unspecified atom stereocenters. The summed E-state index contributed by atoms with van der Waals surface area (Å²) in [5.74, 6) is -1.20. The summed E-state index contributed by atoms with van der Waals surface area (Å²) < 4.78 is 9.29. The summed E-state index contributed by atoms with van der Waals surface area (Å²) in [6.07, 6.45) is -0.456. The summed E-state index contributed by atoms with van der Waals surface area (Å²) in [7, 11) is 0. The van der Waals surface area contributed by atoms with Gasteiger partial charge in [0.1, 0.15) is 0 Å². The second-order valence-corrected chi connectivity index (χ2v) is 2.52. The summed E-state index contributed by atoms with van der Waals surface area (Å²) in [5.41, 5.74) is 0. The number of carbonyl (C=O) groups excluding carboxylic acids is 3. The topological polar surface area (TPSA) is 69.7 Å². The molecule has 0 aromatic rings. The number of ether oxygens (including phenoxy) is 2. The van der Waals surface area contributed by atoms with Crippen LogP contribution in [-0.2, 0) is 23.9 Å². The Morgan fingerprint density at radius 2 is 1.57 bits per heavy atom. The molecule has 0 N–H and O–H groups in total. The molecule has 0 aromatic heterocycles. The van der Waals surface area contributed by atoms with Crippen LogP contribution in [0, 0.1) is 0 Å². The van der Waals surface area contributed by atoms with E-state index >= 15 is 0 Å². The van der Waals surface area contributed by atoms with Gasteiger partial charge in [-0.05, 0) is 6.08 Å². The molecule has 0 fully saturated rings. The van der Waals surface area contributed by atoms with E-state index in [0.717, 1.165) is 6.92 Å². The number of hydrogen-bond acceptors (Lipinski definition) is 5. The van der Waals surface area contributed by atoms with E-state index in [-0.39, 0.29) is 0 Å². The van der Waals surface area contributed by atoms with E-state index in [0.29, 0.717) is 6.29 Å². The Balaban J connectivity index is 4.43. The van der Waals surface area contributed by atoms with E-state index in [4.69, 9.17) is 0 Å². The maximum Gasteiger partial charge on any atom is 0.303 e. The Morgan fingerprint density at radius 1 is 1.14 bits per heavy atom. The number of carbonyl (C=O) groups is 3. The van der Waals surface area contributed by atoms with Crippen LogP contribution in [0.2, 0.25) is 0 Å². The predicted molar refractivity (Wildman–Crippen MR) is 47.4 cm³/mol. The van der Waals surface area contributed by atoms with Crippen molar-refractivity contribution in [3.8, 4) is 0 Å². The van der Waals surface area contributed by atoms with Crippen LogP contribution in [0.15, 0.2) is 12.7 Å². The lowest BCUT2D eigenvalue weighted by Gasteiger charge is -2.18. The van der Waals surface area contributed by atoms with Crippen molar-refractivity contribution in [2.24, 2.45) is 0 Å². The summed E-state index contributed by atoms with van der Waals surface area (Å²) >= 11 is 0. The van der Waals surface area contributed by atoms with Gasteiger partial charge in [0.25, 0.3) is 0 Å². The van der Waals surface area contributed by atoms with Crippen molar-refractivity contribution in [2.45, 2.75) is 26.1 Å². The predicted octanol–water partition coefficient (Wildman–Crippen LogP) is 0.235. The van der Waals surface area contributed by atoms with Gasteiger partial charge >= 0.3 is 11.9 Å². The smallest absolute Gasteiger partial charge is 0.303 e. The zero-order valence-electron chi connectivity index (χ0n) is 8.06. The van der Waals surface area contributed by atoms with Crippen molar-refractivity contribution in [3.05, 3.63) is 12.7 Å². The minimum Gasteiger partial charge on any atom is -0.454 e. The van der Waals surface area contributed by atoms with Crippen molar-refractivity contribution in [1.82, 2.24) is 0 Å². The van der Waals surface area contributed by atoms with Crippen LogP contribution >= 0.6 is 0 Å². The number of hydrogen-bond donors (Lipinski definition) is 0. The normalized spacial score (nSPS) is 13.6. The second-order valence-electron chi connectivity index (χ2n) is 2.52. The molecule has 0 saturated carbocycles. The lowest BCUT2D eigenvalue weighted by atomic mass is 10.2. The first kappa shape index (κ1) is 12.3. The average Bonchev–Trinajstić information content (AvgIpc) is 2.10. The summed E-state index contributed by atoms with van der Waals surface area (Å²) in [5, 5.41) is 0. The molecule has 0 heterocycles. The van der Waals surface area contributed by atoms with Gasteiger partial charge in [0.15, 0.2) is 18.5 Å². The zero-order chi connectivity index (χ0) is 11.1. The molecule has 78 valence electrons. The van der Waals surface area contributed by atoms with Crippen molar-refractivity contribution in [2.75, 3.05) is 0 Å². The van der Waals surface area contributed by atoms with Crippen molar-refractivity contribution in [1.29, 1.82) is 0 Å². The van der Waals surface area contributed by atoms with Gasteiger partial charge in [0, 0.05) is 13.8 Å². The van der Waals surface area contributed by atoms with Gasteiger partial charge in [-0.15, -0.1) is 0 Å². The third-order valence-corrected chi connectivity index (χ3v) is 1.29. The average molecular weight is 200 g/mol. The molecule has 0 saturated heterocycles. The van der Waals surface area contributed by atoms with Crippen LogP contribution in [0.1, 0.15) is 13.8 Å². The third-order valence-electron chi connectivity index (χ3n) is 1.29. The van der Waals surface area contributed by atoms with Gasteiger partial charge in [-0.2, -0.15) is 0 Å². The second kappa shape index (κ2) is 5.90. The molecule has 0 aliphatic rings. The standard InChI is InChI=1S/C9H12O5/c1-4-8(13-6(2)11)9(5-10)14-7(3)12/h4-5,8-9H,1H2,2-3H3/t8-,9-/m0/s1. The van der Waals surface area contributed by atoms with Crippen molar-refractivity contribution >= 4 is 18.2 Å². The first-order valence-electron chi connectivity index (χ1n) is 3.93. The maximum absolute atomic E-state index is 10.6. The highest BCUT2D eigenvalue weighted by molar-refractivity contribution is 5.71. The fourth-order valence-electron chi connectivity index (χ4n) is 0.805. The Labute approximate surface area is 81.7 Å². The molecule has 0 aromatic carbocycles. The van der Waals surface area contributed by atoms with Crippen LogP contribution in [0.25, 0.3) is 0 Å². The van der Waals surface area contributed by atoms with Gasteiger partial charge < -0.3 is 9.47 Å². The molecule has 0 rings (SSSR count). The molecular weight excluding hydrogens is 188 g/mol. The van der Waals surface area contributed by atoms with Crippen LogP contribution in [-0.4, -0.2) is 30.4 Å². The SMILES string of the molecule is C=C[C@H](OC(C)=O)[C@H](C=O)OC(C)=O. The molecule has 0 aliphatic carbocycles. The molecule has 0 radical (unpaired) electrons. The maximum atomic E-state index is 10.6. The summed E-state index contributed by atoms with van der Waals surface area (Å²) in [6.45, 7) is 5.71. The van der Waals surface area contributed by atoms with Crippen LogP contribution in [0.5, 0.6) is 0 Å². The monoisotopic (exact) mass is 200 g/mol. The van der Waals surface area contributed by atoms with Gasteiger partial charge in [0.2, 0.25) is 0 Å². The lowest BCUT2D eigenvalue weighted by molar-refractivity contribution is -0.162. The molecular formula is C9H12O5. The highest BCUT2D eigenvalue weighted by Gasteiger charge is 2.23. The Morgan fingerprint density at radius 3 is 1.86 bits per heavy atom. The largest absolute Gasteiger partial charge is 0.454 e. The van der Waals surface area contributed by atoms with Crippen molar-refractivity contribution in [3.63, 3.8) is 0 Å². The van der Waals surface area contributed by atoms with E-state index in [1.54, 1.807) is 0 Å². The quantitative estimate of drug-likeness (QED) is 0.361. The van der Waals surface area contributed by atoms with E-state index in [2.05, 4.69) is 16.1 Å². The molecule has 0 bridgehead atoms. The van der Waals surface area contributed by atoms with E-state index in [9.17, 15) is 14.4 Å². The van der Waals surface area contributed by atoms with Gasteiger partial charge in [-0.3, -0.25) is 14.4 Å². The van der Waals surface area contributed by atoms with Crippen LogP contribution in [0.4, 0.5) is 0 Å². The molecule has 14 heavy (non-hydrogen) atoms. The molecule has 5 heteroatoms. The molecule has 0 amide bonds. The highest BCUT2D eigenvalue weighted by atomic mass is 16.6. The number of esters is 2. The van der Waals surface area contributed by atoms with Gasteiger partial charge in [-0.25, -0.2) is 0 Å². The highest BCUT2D eigenvalue weighted by Crippen LogP contribution is 2.04. The fraction of sp³-hybridized carbons (Fsp3) is 0.444. The molecule has 2 atom stereocenters. The Bertz CT molecular complexity index is 220. The van der Waals surface area contributed by atoms with Gasteiger partial charge in [-0.1, -0.05) is 6.58 Å². The fourth-order valence-corrected chi connectivity index (χ4v) is 0.805. The van der Waals surface area contributed by atoms with E-state index < -0.39 is 24.1 Å². The van der Waals surface area contributed by atoms with E-state index in [1.807, 2.05) is 0 Å². The van der Waals surface area contributed by atoms with Crippen LogP contribution in [0.3, 0.4) is 0 Å². The van der Waals surface area contributed by atoms with E-state index in [1.165, 1.54) is 13.0 Å². The summed E-state index contributed by atoms with van der Waals surface area (Å²) in [4.78, 5) is 31.7. The first-order chi connectivity index (χ1) is 6.51. The summed E-state index contributed by atoms with van der Waals surface area (Å²) in [6, 6.07) is 0. The Hall–Kier alpha value is -1.65. The zero-order valence-corrected chi connectivity index (χ0v) is 8.06. The minimum atomic E-state index is -1.13. The van der Waals surface area contributed by atoms with Gasteiger partial charge in [0.05, 0.1) is 0 Å². The minimum absolute atomic E-state index is 0.386.